The maximum absolute atomic E-state index is 12.4. The first-order valence-electron chi connectivity index (χ1n) is 6.23. The van der Waals surface area contributed by atoms with E-state index in [1.165, 1.54) is 0 Å². The van der Waals surface area contributed by atoms with Gasteiger partial charge in [0.05, 0.1) is 5.56 Å². The first kappa shape index (κ1) is 16.3. The summed E-state index contributed by atoms with van der Waals surface area (Å²) in [5.74, 6) is 0.0514. The predicted molar refractivity (Wildman–Crippen MR) is 84.7 cm³/mol. The molecule has 0 atom stereocenters. The molecule has 0 aromatic heterocycles. The number of carbonyl (C=O) groups is 1. The molecule has 106 valence electrons. The first-order chi connectivity index (χ1) is 8.39. The van der Waals surface area contributed by atoms with Gasteiger partial charge in [-0.05, 0) is 36.5 Å². The minimum atomic E-state index is 0. The van der Waals surface area contributed by atoms with E-state index in [1.54, 1.807) is 12.1 Å². The van der Waals surface area contributed by atoms with Gasteiger partial charge in [-0.1, -0.05) is 29.8 Å². The van der Waals surface area contributed by atoms with Crippen molar-refractivity contribution in [2.75, 3.05) is 18.8 Å². The Morgan fingerprint density at radius 1 is 1.32 bits per heavy atom. The van der Waals surface area contributed by atoms with Gasteiger partial charge in [0.1, 0.15) is 0 Å². The minimum absolute atomic E-state index is 0. The van der Waals surface area contributed by atoms with Crippen molar-refractivity contribution in [3.05, 3.63) is 28.2 Å². The molecule has 0 saturated carbocycles. The number of benzene rings is 1. The van der Waals surface area contributed by atoms with Crippen molar-refractivity contribution >= 4 is 39.9 Å². The molecule has 1 heterocycles. The van der Waals surface area contributed by atoms with Crippen LogP contribution in [0.4, 0.5) is 5.69 Å². The standard InChI is InChI=1S/C14H19BrN2O.ClH/c1-14(2)5-7-17(8-6-14)13(18)11-4-3-10(15)9-12(11)16;/h3-4,9H,5-8,16H2,1-2H3;1H. The number of amides is 1. The number of halogens is 2. The molecule has 0 bridgehead atoms. The lowest BCUT2D eigenvalue weighted by Gasteiger charge is -2.37. The lowest BCUT2D eigenvalue weighted by atomic mass is 9.82. The highest BCUT2D eigenvalue weighted by molar-refractivity contribution is 9.10. The van der Waals surface area contributed by atoms with Crippen molar-refractivity contribution in [2.24, 2.45) is 5.41 Å². The number of nitrogens with two attached hydrogens (primary N) is 1. The second-order valence-corrected chi connectivity index (χ2v) is 6.60. The van der Waals surface area contributed by atoms with Crippen LogP contribution in [-0.4, -0.2) is 23.9 Å². The van der Waals surface area contributed by atoms with Crippen LogP contribution in [0.25, 0.3) is 0 Å². The largest absolute Gasteiger partial charge is 0.398 e. The zero-order valence-corrected chi connectivity index (χ0v) is 13.7. The molecular weight excluding hydrogens is 328 g/mol. The van der Waals surface area contributed by atoms with Crippen LogP contribution < -0.4 is 5.73 Å². The predicted octanol–water partition coefficient (Wildman–Crippen LogP) is 3.72. The van der Waals surface area contributed by atoms with Gasteiger partial charge in [-0.3, -0.25) is 4.79 Å². The number of hydrogen-bond acceptors (Lipinski definition) is 2. The van der Waals surface area contributed by atoms with Crippen molar-refractivity contribution in [2.45, 2.75) is 26.7 Å². The summed E-state index contributed by atoms with van der Waals surface area (Å²) in [5.41, 5.74) is 7.40. The molecule has 5 heteroatoms. The Morgan fingerprint density at radius 2 is 1.89 bits per heavy atom. The lowest BCUT2D eigenvalue weighted by Crippen LogP contribution is -2.41. The second kappa shape index (κ2) is 6.14. The highest BCUT2D eigenvalue weighted by Crippen LogP contribution is 2.31. The Bertz CT molecular complexity index is 467. The minimum Gasteiger partial charge on any atom is -0.398 e. The van der Waals surface area contributed by atoms with E-state index in [0.29, 0.717) is 16.7 Å². The van der Waals surface area contributed by atoms with Crippen LogP contribution in [0, 0.1) is 5.41 Å². The topological polar surface area (TPSA) is 46.3 Å². The van der Waals surface area contributed by atoms with E-state index >= 15 is 0 Å². The Labute approximate surface area is 129 Å². The van der Waals surface area contributed by atoms with Crippen LogP contribution in [0.1, 0.15) is 37.0 Å². The van der Waals surface area contributed by atoms with Crippen molar-refractivity contribution in [3.63, 3.8) is 0 Å². The normalized spacial score (nSPS) is 17.7. The number of piperidine rings is 1. The highest BCUT2D eigenvalue weighted by atomic mass is 79.9. The molecule has 0 radical (unpaired) electrons. The third-order valence-electron chi connectivity index (χ3n) is 3.65. The summed E-state index contributed by atoms with van der Waals surface area (Å²) in [4.78, 5) is 14.3. The van der Waals surface area contributed by atoms with Gasteiger partial charge in [-0.25, -0.2) is 0 Å². The molecule has 0 unspecified atom stereocenters. The van der Waals surface area contributed by atoms with Gasteiger partial charge in [0.25, 0.3) is 5.91 Å². The zero-order valence-electron chi connectivity index (χ0n) is 11.3. The first-order valence-corrected chi connectivity index (χ1v) is 7.03. The van der Waals surface area contributed by atoms with E-state index in [1.807, 2.05) is 11.0 Å². The fourth-order valence-corrected chi connectivity index (χ4v) is 2.59. The van der Waals surface area contributed by atoms with Gasteiger partial charge in [0.2, 0.25) is 0 Å². The van der Waals surface area contributed by atoms with Crippen LogP contribution in [-0.2, 0) is 0 Å². The Kier molecular flexibility index (Phi) is 5.27. The third-order valence-corrected chi connectivity index (χ3v) is 4.14. The van der Waals surface area contributed by atoms with Crippen molar-refractivity contribution in [3.8, 4) is 0 Å². The van der Waals surface area contributed by atoms with Gasteiger partial charge < -0.3 is 10.6 Å². The summed E-state index contributed by atoms with van der Waals surface area (Å²) in [6.07, 6.45) is 2.10. The van der Waals surface area contributed by atoms with Gasteiger partial charge >= 0.3 is 0 Å². The number of anilines is 1. The van der Waals surface area contributed by atoms with Crippen LogP contribution in [0.5, 0.6) is 0 Å². The summed E-state index contributed by atoms with van der Waals surface area (Å²) < 4.78 is 0.899. The molecule has 0 aliphatic carbocycles. The molecule has 1 aromatic rings. The van der Waals surface area contributed by atoms with Crippen LogP contribution in [0.3, 0.4) is 0 Å². The molecule has 3 nitrogen and oxygen atoms in total. The molecule has 1 aliphatic heterocycles. The number of hydrogen-bond donors (Lipinski definition) is 1. The summed E-state index contributed by atoms with van der Waals surface area (Å²) in [6.45, 7) is 6.15. The van der Waals surface area contributed by atoms with Gasteiger partial charge in [0.15, 0.2) is 0 Å². The summed E-state index contributed by atoms with van der Waals surface area (Å²) in [5, 5.41) is 0. The van der Waals surface area contributed by atoms with E-state index in [9.17, 15) is 4.79 Å². The number of rotatable bonds is 1. The summed E-state index contributed by atoms with van der Waals surface area (Å²) in [7, 11) is 0. The number of nitrogen functional groups attached to an aromatic ring is 1. The molecule has 2 rings (SSSR count). The molecule has 1 amide bonds. The van der Waals surface area contributed by atoms with E-state index in [0.717, 1.165) is 30.4 Å². The van der Waals surface area contributed by atoms with Crippen LogP contribution in [0.15, 0.2) is 22.7 Å². The monoisotopic (exact) mass is 346 g/mol. The van der Waals surface area contributed by atoms with Crippen molar-refractivity contribution in [1.82, 2.24) is 4.90 Å². The molecule has 1 aliphatic rings. The second-order valence-electron chi connectivity index (χ2n) is 5.69. The number of nitrogens with zero attached hydrogens (tertiary/aromatic N) is 1. The lowest BCUT2D eigenvalue weighted by molar-refractivity contribution is 0.0631. The molecular formula is C14H20BrClN2O. The SMILES string of the molecule is CC1(C)CCN(C(=O)c2ccc(Br)cc2N)CC1.Cl. The van der Waals surface area contributed by atoms with Gasteiger partial charge in [0, 0.05) is 23.2 Å². The van der Waals surface area contributed by atoms with Crippen LogP contribution in [0.2, 0.25) is 0 Å². The fourth-order valence-electron chi connectivity index (χ4n) is 2.21. The van der Waals surface area contributed by atoms with E-state index in [4.69, 9.17) is 5.73 Å². The van der Waals surface area contributed by atoms with E-state index < -0.39 is 0 Å². The zero-order chi connectivity index (χ0) is 13.3. The Balaban J connectivity index is 0.00000180. The average Bonchev–Trinajstić information content (AvgIpc) is 2.28. The molecule has 1 saturated heterocycles. The summed E-state index contributed by atoms with van der Waals surface area (Å²) in [6, 6.07) is 5.43. The molecule has 1 aromatic carbocycles. The summed E-state index contributed by atoms with van der Waals surface area (Å²) >= 11 is 3.35. The van der Waals surface area contributed by atoms with Crippen LogP contribution >= 0.6 is 28.3 Å². The maximum Gasteiger partial charge on any atom is 0.255 e. The quantitative estimate of drug-likeness (QED) is 0.787. The molecule has 19 heavy (non-hydrogen) atoms. The van der Waals surface area contributed by atoms with E-state index in [2.05, 4.69) is 29.8 Å². The molecule has 2 N–H and O–H groups in total. The average molecular weight is 348 g/mol. The fraction of sp³-hybridized carbons (Fsp3) is 0.500. The number of carbonyl (C=O) groups excluding carboxylic acids is 1. The molecule has 0 spiro atoms. The molecule has 1 fully saturated rings. The van der Waals surface area contributed by atoms with E-state index in [-0.39, 0.29) is 18.3 Å². The van der Waals surface area contributed by atoms with Crippen molar-refractivity contribution < 1.29 is 4.79 Å². The third kappa shape index (κ3) is 3.86. The Morgan fingerprint density at radius 3 is 2.42 bits per heavy atom. The van der Waals surface area contributed by atoms with Crippen molar-refractivity contribution in [1.29, 1.82) is 0 Å². The van der Waals surface area contributed by atoms with Gasteiger partial charge in [-0.2, -0.15) is 0 Å². The smallest absolute Gasteiger partial charge is 0.255 e. The highest BCUT2D eigenvalue weighted by Gasteiger charge is 2.28. The Hall–Kier alpha value is -0.740. The number of likely N-dealkylation sites (tertiary alicyclic amines) is 1. The maximum atomic E-state index is 12.4. The van der Waals surface area contributed by atoms with Gasteiger partial charge in [-0.15, -0.1) is 12.4 Å².